The molecular weight excluding hydrogens is 170 g/mol. The fraction of sp³-hybridized carbons (Fsp3) is 0.889. The van der Waals surface area contributed by atoms with Gasteiger partial charge in [0.15, 0.2) is 0 Å². The van der Waals surface area contributed by atoms with Gasteiger partial charge in [-0.05, 0) is 13.0 Å². The van der Waals surface area contributed by atoms with Crippen LogP contribution in [0.2, 0.25) is 0 Å². The minimum Gasteiger partial charge on any atom is -0.481 e. The quantitative estimate of drug-likeness (QED) is 0.674. The Morgan fingerprint density at radius 1 is 1.54 bits per heavy atom. The van der Waals surface area contributed by atoms with Crippen molar-refractivity contribution in [2.75, 3.05) is 32.8 Å². The smallest absolute Gasteiger partial charge is 0.307 e. The average molecular weight is 185 g/mol. The van der Waals surface area contributed by atoms with Gasteiger partial charge in [0.2, 0.25) is 0 Å². The fourth-order valence-electron chi connectivity index (χ4n) is 1.96. The molecule has 0 aliphatic carbocycles. The molecule has 1 unspecified atom stereocenters. The largest absolute Gasteiger partial charge is 0.481 e. The Balaban J connectivity index is 1.74. The lowest BCUT2D eigenvalue weighted by molar-refractivity contribution is -0.141. The van der Waals surface area contributed by atoms with E-state index in [2.05, 4.69) is 4.90 Å². The number of hydrogen-bond acceptors (Lipinski definition) is 3. The van der Waals surface area contributed by atoms with Crippen LogP contribution in [0.15, 0.2) is 0 Å². The standard InChI is InChI=1S/C9H15NO3/c11-9(12)8-1-2-10(4-8)3-7-5-13-6-7/h7-8H,1-6H2,(H,11,12). The van der Waals surface area contributed by atoms with Crippen molar-refractivity contribution >= 4 is 5.97 Å². The number of aliphatic carboxylic acids is 1. The van der Waals surface area contributed by atoms with Gasteiger partial charge in [-0.3, -0.25) is 4.79 Å². The molecule has 0 aromatic rings. The van der Waals surface area contributed by atoms with E-state index in [9.17, 15) is 4.79 Å². The number of carbonyl (C=O) groups is 1. The van der Waals surface area contributed by atoms with Crippen LogP contribution in [0.25, 0.3) is 0 Å². The van der Waals surface area contributed by atoms with E-state index in [0.717, 1.165) is 39.3 Å². The third kappa shape index (κ3) is 2.00. The molecule has 2 fully saturated rings. The first-order valence-electron chi connectivity index (χ1n) is 4.78. The van der Waals surface area contributed by atoms with Crippen molar-refractivity contribution in [3.05, 3.63) is 0 Å². The van der Waals surface area contributed by atoms with Gasteiger partial charge in [0.05, 0.1) is 19.1 Å². The van der Waals surface area contributed by atoms with E-state index >= 15 is 0 Å². The van der Waals surface area contributed by atoms with Crippen molar-refractivity contribution in [2.24, 2.45) is 11.8 Å². The Kier molecular flexibility index (Phi) is 2.51. The molecule has 0 bridgehead atoms. The molecular formula is C9H15NO3. The summed E-state index contributed by atoms with van der Waals surface area (Å²) < 4.78 is 5.08. The van der Waals surface area contributed by atoms with Crippen molar-refractivity contribution in [1.82, 2.24) is 4.90 Å². The summed E-state index contributed by atoms with van der Waals surface area (Å²) in [7, 11) is 0. The minimum absolute atomic E-state index is 0.138. The highest BCUT2D eigenvalue weighted by molar-refractivity contribution is 5.70. The van der Waals surface area contributed by atoms with Gasteiger partial charge in [0.25, 0.3) is 0 Å². The molecule has 4 nitrogen and oxygen atoms in total. The van der Waals surface area contributed by atoms with Crippen LogP contribution in [0.5, 0.6) is 0 Å². The van der Waals surface area contributed by atoms with Gasteiger partial charge in [-0.15, -0.1) is 0 Å². The maximum Gasteiger partial charge on any atom is 0.307 e. The van der Waals surface area contributed by atoms with Crippen molar-refractivity contribution in [3.63, 3.8) is 0 Å². The number of carboxylic acids is 1. The zero-order valence-corrected chi connectivity index (χ0v) is 7.61. The van der Waals surface area contributed by atoms with Crippen molar-refractivity contribution < 1.29 is 14.6 Å². The van der Waals surface area contributed by atoms with E-state index < -0.39 is 5.97 Å². The van der Waals surface area contributed by atoms with Crippen LogP contribution in [0.1, 0.15) is 6.42 Å². The van der Waals surface area contributed by atoms with Gasteiger partial charge in [0, 0.05) is 19.0 Å². The highest BCUT2D eigenvalue weighted by Crippen LogP contribution is 2.20. The zero-order valence-electron chi connectivity index (χ0n) is 7.61. The maximum atomic E-state index is 10.7. The molecule has 4 heteroatoms. The van der Waals surface area contributed by atoms with Crippen LogP contribution in [0.4, 0.5) is 0 Å². The molecule has 13 heavy (non-hydrogen) atoms. The lowest BCUT2D eigenvalue weighted by Crippen LogP contribution is -2.38. The van der Waals surface area contributed by atoms with Gasteiger partial charge < -0.3 is 14.7 Å². The van der Waals surface area contributed by atoms with Crippen molar-refractivity contribution in [2.45, 2.75) is 6.42 Å². The lowest BCUT2D eigenvalue weighted by Gasteiger charge is -2.30. The van der Waals surface area contributed by atoms with E-state index in [1.807, 2.05) is 0 Å². The second-order valence-electron chi connectivity index (χ2n) is 3.99. The van der Waals surface area contributed by atoms with Crippen LogP contribution in [-0.4, -0.2) is 48.8 Å². The molecule has 0 amide bonds. The predicted molar refractivity (Wildman–Crippen MR) is 46.5 cm³/mol. The molecule has 1 N–H and O–H groups in total. The predicted octanol–water partition coefficient (Wildman–Crippen LogP) is 0.0393. The molecule has 0 aromatic heterocycles. The first kappa shape index (κ1) is 8.97. The summed E-state index contributed by atoms with van der Waals surface area (Å²) in [5.41, 5.74) is 0. The normalized spacial score (nSPS) is 30.3. The van der Waals surface area contributed by atoms with Crippen LogP contribution in [0, 0.1) is 11.8 Å². The summed E-state index contributed by atoms with van der Waals surface area (Å²) in [6.07, 6.45) is 0.808. The Labute approximate surface area is 77.5 Å². The lowest BCUT2D eigenvalue weighted by atomic mass is 10.1. The van der Waals surface area contributed by atoms with E-state index in [1.54, 1.807) is 0 Å². The summed E-state index contributed by atoms with van der Waals surface area (Å²) in [5, 5.41) is 8.78. The summed E-state index contributed by atoms with van der Waals surface area (Å²) in [4.78, 5) is 12.9. The summed E-state index contributed by atoms with van der Waals surface area (Å²) >= 11 is 0. The number of likely N-dealkylation sites (tertiary alicyclic amines) is 1. The summed E-state index contributed by atoms with van der Waals surface area (Å²) in [5.74, 6) is -0.138. The third-order valence-electron chi connectivity index (χ3n) is 2.85. The Morgan fingerprint density at radius 2 is 2.31 bits per heavy atom. The first-order valence-corrected chi connectivity index (χ1v) is 4.78. The van der Waals surface area contributed by atoms with Gasteiger partial charge in [-0.2, -0.15) is 0 Å². The van der Waals surface area contributed by atoms with Crippen LogP contribution < -0.4 is 0 Å². The summed E-state index contributed by atoms with van der Waals surface area (Å²) in [6.45, 7) is 4.39. The minimum atomic E-state index is -0.646. The highest BCUT2D eigenvalue weighted by Gasteiger charge is 2.30. The number of hydrogen-bond donors (Lipinski definition) is 1. The molecule has 2 aliphatic heterocycles. The Bertz CT molecular complexity index is 203. The van der Waals surface area contributed by atoms with Crippen LogP contribution in [-0.2, 0) is 9.53 Å². The molecule has 0 saturated carbocycles. The zero-order chi connectivity index (χ0) is 9.26. The second-order valence-corrected chi connectivity index (χ2v) is 3.99. The van der Waals surface area contributed by atoms with Crippen molar-refractivity contribution in [1.29, 1.82) is 0 Å². The number of rotatable bonds is 3. The molecule has 0 radical (unpaired) electrons. The fourth-order valence-corrected chi connectivity index (χ4v) is 1.96. The molecule has 2 heterocycles. The third-order valence-corrected chi connectivity index (χ3v) is 2.85. The Hall–Kier alpha value is -0.610. The maximum absolute atomic E-state index is 10.7. The van der Waals surface area contributed by atoms with Gasteiger partial charge in [-0.25, -0.2) is 0 Å². The SMILES string of the molecule is O=C(O)C1CCN(CC2COC2)C1. The average Bonchev–Trinajstić information content (AvgIpc) is 2.44. The van der Waals surface area contributed by atoms with E-state index in [-0.39, 0.29) is 5.92 Å². The molecule has 74 valence electrons. The molecule has 2 saturated heterocycles. The highest BCUT2D eigenvalue weighted by atomic mass is 16.5. The molecule has 0 spiro atoms. The number of carboxylic acid groups (broad SMARTS) is 1. The molecule has 1 atom stereocenters. The number of ether oxygens (including phenoxy) is 1. The van der Waals surface area contributed by atoms with Crippen LogP contribution >= 0.6 is 0 Å². The monoisotopic (exact) mass is 185 g/mol. The second kappa shape index (κ2) is 3.64. The molecule has 0 aromatic carbocycles. The van der Waals surface area contributed by atoms with Gasteiger partial charge >= 0.3 is 5.97 Å². The van der Waals surface area contributed by atoms with E-state index in [4.69, 9.17) is 9.84 Å². The van der Waals surface area contributed by atoms with Crippen LogP contribution in [0.3, 0.4) is 0 Å². The van der Waals surface area contributed by atoms with E-state index in [0.29, 0.717) is 5.92 Å². The molecule has 2 rings (SSSR count). The topological polar surface area (TPSA) is 49.8 Å². The number of nitrogens with zero attached hydrogens (tertiary/aromatic N) is 1. The van der Waals surface area contributed by atoms with Gasteiger partial charge in [0.1, 0.15) is 0 Å². The first-order chi connectivity index (χ1) is 6.25. The molecule has 2 aliphatic rings. The van der Waals surface area contributed by atoms with Crippen molar-refractivity contribution in [3.8, 4) is 0 Å². The van der Waals surface area contributed by atoms with E-state index in [1.165, 1.54) is 0 Å². The summed E-state index contributed by atoms with van der Waals surface area (Å²) in [6, 6.07) is 0. The Morgan fingerprint density at radius 3 is 2.77 bits per heavy atom. The van der Waals surface area contributed by atoms with Gasteiger partial charge in [-0.1, -0.05) is 0 Å².